The SMILES string of the molecule is [2H]c1c([2H])c([2H])c(C([2H])([2H])[C@]([2H])(CC(=O)[C@@H](CCCN=C(N)N)NC(=O)[C@@H](N)Cc2ccccc2)C(=O)N[C@H](C(N)=O)C([2H])([2H])C([2H])([2H])C([2H])([2H])C([2H])(C)N)c([2H])c1[2H]. The molecule has 3 amide bonds. The molecule has 2 aromatic carbocycles. The fraction of sp³-hybridized carbons (Fsp3) is 0.469. The van der Waals surface area contributed by atoms with Crippen LogP contribution in [0.5, 0.6) is 0 Å². The second-order valence-electron chi connectivity index (χ2n) is 9.44. The van der Waals surface area contributed by atoms with Crippen molar-refractivity contribution in [2.75, 3.05) is 6.54 Å². The molecular formula is C32H48N8O4. The summed E-state index contributed by atoms with van der Waals surface area (Å²) < 4.78 is 126. The maximum absolute atomic E-state index is 14.4. The van der Waals surface area contributed by atoms with E-state index in [9.17, 15) is 20.5 Å². The largest absolute Gasteiger partial charge is 0.370 e. The molecule has 12 heteroatoms. The topological polar surface area (TPSA) is 235 Å². The number of aliphatic imine (C=N–C) groups is 1. The van der Waals surface area contributed by atoms with Crippen LogP contribution < -0.4 is 39.3 Å². The molecule has 0 radical (unpaired) electrons. The van der Waals surface area contributed by atoms with Gasteiger partial charge in [-0.25, -0.2) is 0 Å². The lowest BCUT2D eigenvalue weighted by molar-refractivity contribution is -0.133. The van der Waals surface area contributed by atoms with Gasteiger partial charge in [0.15, 0.2) is 11.7 Å². The highest BCUT2D eigenvalue weighted by Crippen LogP contribution is 2.17. The Morgan fingerprint density at radius 2 is 1.59 bits per heavy atom. The molecule has 0 aliphatic heterocycles. The minimum absolute atomic E-state index is 0.0319. The summed E-state index contributed by atoms with van der Waals surface area (Å²) in [5.41, 5.74) is 27.0. The molecule has 0 heterocycles. The Morgan fingerprint density at radius 1 is 0.932 bits per heavy atom. The average molecular weight is 624 g/mol. The summed E-state index contributed by atoms with van der Waals surface area (Å²) in [6.45, 7) is 0.549. The van der Waals surface area contributed by atoms with Gasteiger partial charge in [-0.05, 0) is 62.8 Å². The van der Waals surface area contributed by atoms with Crippen LogP contribution in [0.25, 0.3) is 0 Å². The predicted molar refractivity (Wildman–Crippen MR) is 172 cm³/mol. The molecule has 5 atom stereocenters. The summed E-state index contributed by atoms with van der Waals surface area (Å²) in [7, 11) is 0. The van der Waals surface area contributed by atoms with Gasteiger partial charge in [-0.2, -0.15) is 0 Å². The zero-order valence-electron chi connectivity index (χ0n) is 39.1. The van der Waals surface area contributed by atoms with Crippen LogP contribution in [0.15, 0.2) is 65.5 Å². The second-order valence-corrected chi connectivity index (χ2v) is 9.44. The Morgan fingerprint density at radius 3 is 2.20 bits per heavy atom. The van der Waals surface area contributed by atoms with Gasteiger partial charge in [0.1, 0.15) is 6.04 Å². The van der Waals surface area contributed by atoms with E-state index in [4.69, 9.17) is 47.9 Å². The summed E-state index contributed by atoms with van der Waals surface area (Å²) >= 11 is 0. The number of hydrogen-bond acceptors (Lipinski definition) is 7. The van der Waals surface area contributed by atoms with E-state index in [2.05, 4.69) is 10.3 Å². The Bertz CT molecular complexity index is 1900. The molecule has 2 aromatic rings. The number of carbonyl (C=O) groups is 4. The molecule has 12 nitrogen and oxygen atoms in total. The molecular weight excluding hydrogens is 560 g/mol. The molecule has 0 aliphatic carbocycles. The highest BCUT2D eigenvalue weighted by molar-refractivity contribution is 5.94. The molecule has 0 saturated carbocycles. The first kappa shape index (κ1) is 19.2. The van der Waals surface area contributed by atoms with E-state index in [1.807, 2.05) is 0 Å². The van der Waals surface area contributed by atoms with Gasteiger partial charge < -0.3 is 39.3 Å². The number of ketones is 1. The summed E-state index contributed by atoms with van der Waals surface area (Å²) in [5, 5.41) is 3.98. The summed E-state index contributed by atoms with van der Waals surface area (Å²) in [5.74, 6) is -10.4. The number of carbonyl (C=O) groups excluding carboxylic acids is 4. The third-order valence-electron chi connectivity index (χ3n) is 5.72. The first-order valence-electron chi connectivity index (χ1n) is 20.9. The Hall–Kier alpha value is -4.29. The van der Waals surface area contributed by atoms with E-state index in [1.54, 1.807) is 35.6 Å². The number of nitrogens with one attached hydrogen (secondary N) is 2. The number of primary amides is 1. The minimum atomic E-state index is -3.98. The first-order chi connectivity index (χ1) is 26.7. The zero-order valence-corrected chi connectivity index (χ0v) is 24.1. The molecule has 0 aromatic heterocycles. The minimum Gasteiger partial charge on any atom is -0.370 e. The van der Waals surface area contributed by atoms with Gasteiger partial charge >= 0.3 is 0 Å². The number of hydrogen-bond donors (Lipinski definition) is 7. The average Bonchev–Trinajstić information content (AvgIpc) is 3.12. The predicted octanol–water partition coefficient (Wildman–Crippen LogP) is 0.401. The van der Waals surface area contributed by atoms with Crippen LogP contribution in [0, 0.1) is 5.89 Å². The Kier molecular flexibility index (Phi) is 8.31. The summed E-state index contributed by atoms with van der Waals surface area (Å²) in [6.07, 6.45) is -17.6. The van der Waals surface area contributed by atoms with Gasteiger partial charge in [0.2, 0.25) is 17.7 Å². The van der Waals surface area contributed by atoms with Gasteiger partial charge in [0.25, 0.3) is 0 Å². The molecule has 0 fully saturated rings. The number of amides is 3. The highest BCUT2D eigenvalue weighted by Gasteiger charge is 2.30. The molecule has 0 saturated heterocycles. The number of benzene rings is 2. The van der Waals surface area contributed by atoms with Crippen LogP contribution in [0.4, 0.5) is 0 Å². The normalized spacial score (nSPS) is 22.0. The Balaban J connectivity index is 2.84. The first-order valence-corrected chi connectivity index (χ1v) is 13.4. The van der Waals surface area contributed by atoms with Crippen molar-refractivity contribution >= 4 is 29.5 Å². The van der Waals surface area contributed by atoms with Crippen LogP contribution in [-0.2, 0) is 32.0 Å². The van der Waals surface area contributed by atoms with Crippen molar-refractivity contribution in [1.82, 2.24) is 10.6 Å². The van der Waals surface area contributed by atoms with Crippen molar-refractivity contribution in [3.05, 3.63) is 71.7 Å². The number of guanidine groups is 1. The van der Waals surface area contributed by atoms with Crippen LogP contribution in [-0.4, -0.2) is 60.2 Å². The van der Waals surface area contributed by atoms with Crippen molar-refractivity contribution < 1.29 is 39.7 Å². The third kappa shape index (κ3) is 13.8. The fourth-order valence-electron chi connectivity index (χ4n) is 3.60. The zero-order chi connectivity index (χ0) is 45.9. The van der Waals surface area contributed by atoms with E-state index in [0.29, 0.717) is 12.5 Å². The number of nitrogens with two attached hydrogens (primary N) is 5. The van der Waals surface area contributed by atoms with Crippen LogP contribution in [0.1, 0.15) is 77.0 Å². The van der Waals surface area contributed by atoms with E-state index in [0.717, 1.165) is 0 Å². The standard InChI is InChI=1S/C32H48N8O4/c1-21(33)10-8-15-27(29(35)42)40-30(43)24(18-22-11-4-2-5-12-22)20-28(41)26(16-9-17-38-32(36)37)39-31(44)25(34)19-23-13-6-3-7-14-23/h2-7,11-14,21,24-27H,8-10,15-20,33-34H2,1H3,(H2,35,42)(H,39,44)(H,40,43)(H4,36,37,38)/t21?,24-,25+,26-,27+/m1/s1/i2D,4D,5D,8D2,10D2,11D,12D,15D2,18D2,21D,24D. The van der Waals surface area contributed by atoms with Crippen LogP contribution >= 0.6 is 0 Å². The highest BCUT2D eigenvalue weighted by atomic mass is 16.2. The molecule has 1 unspecified atom stereocenters. The van der Waals surface area contributed by atoms with Crippen LogP contribution in [0.3, 0.4) is 0 Å². The molecule has 0 aliphatic rings. The van der Waals surface area contributed by atoms with Crippen LogP contribution in [0.2, 0.25) is 0 Å². The smallest absolute Gasteiger partial charge is 0.239 e. The van der Waals surface area contributed by atoms with Gasteiger partial charge in [-0.1, -0.05) is 60.5 Å². The van der Waals surface area contributed by atoms with Gasteiger partial charge in [-0.15, -0.1) is 0 Å². The second kappa shape index (κ2) is 19.1. The number of nitrogens with zero attached hydrogens (tertiary/aromatic N) is 1. The van der Waals surface area contributed by atoms with Gasteiger partial charge in [0, 0.05) is 38.6 Å². The van der Waals surface area contributed by atoms with Gasteiger partial charge in [0.05, 0.1) is 18.9 Å². The monoisotopic (exact) mass is 623 g/mol. The van der Waals surface area contributed by atoms with Crippen molar-refractivity contribution in [3.8, 4) is 0 Å². The van der Waals surface area contributed by atoms with E-state index < -0.39 is 121 Å². The van der Waals surface area contributed by atoms with E-state index in [-0.39, 0.29) is 31.8 Å². The summed E-state index contributed by atoms with van der Waals surface area (Å²) in [6, 6.07) is -6.30. The maximum atomic E-state index is 14.4. The van der Waals surface area contributed by atoms with Crippen molar-refractivity contribution in [1.29, 1.82) is 0 Å². The number of Topliss-reactive ketones (excluding diaryl/α,β-unsaturated/α-hetero) is 1. The molecule has 12 N–H and O–H groups in total. The quantitative estimate of drug-likeness (QED) is 0.0618. The maximum Gasteiger partial charge on any atom is 0.239 e. The van der Waals surface area contributed by atoms with E-state index in [1.165, 1.54) is 0 Å². The lowest BCUT2D eigenvalue weighted by atomic mass is 9.89. The molecule has 240 valence electrons. The molecule has 2 rings (SSSR count). The molecule has 44 heavy (non-hydrogen) atoms. The Labute approximate surface area is 280 Å². The van der Waals surface area contributed by atoms with Crippen molar-refractivity contribution in [3.63, 3.8) is 0 Å². The third-order valence-corrected chi connectivity index (χ3v) is 5.72. The van der Waals surface area contributed by atoms with E-state index >= 15 is 0 Å². The number of rotatable bonds is 20. The molecule has 0 spiro atoms. The summed E-state index contributed by atoms with van der Waals surface area (Å²) in [4.78, 5) is 58.5. The lowest BCUT2D eigenvalue weighted by Gasteiger charge is -2.24. The van der Waals surface area contributed by atoms with Gasteiger partial charge in [-0.3, -0.25) is 24.2 Å². The van der Waals surface area contributed by atoms with Crippen molar-refractivity contribution in [2.45, 2.75) is 82.2 Å². The molecule has 0 bridgehead atoms. The van der Waals surface area contributed by atoms with Crippen molar-refractivity contribution in [2.24, 2.45) is 39.6 Å². The lowest BCUT2D eigenvalue weighted by Crippen LogP contribution is -2.51. The fourth-order valence-corrected chi connectivity index (χ4v) is 3.60.